The highest BCUT2D eigenvalue weighted by molar-refractivity contribution is 7.99. The van der Waals surface area contributed by atoms with Gasteiger partial charge in [-0.25, -0.2) is 0 Å². The van der Waals surface area contributed by atoms with Gasteiger partial charge in [0.2, 0.25) is 5.91 Å². The van der Waals surface area contributed by atoms with Crippen molar-refractivity contribution >= 4 is 23.6 Å². The highest BCUT2D eigenvalue weighted by atomic mass is 32.2. The second-order valence-electron chi connectivity index (χ2n) is 4.57. The van der Waals surface area contributed by atoms with Gasteiger partial charge in [-0.3, -0.25) is 9.59 Å². The van der Waals surface area contributed by atoms with E-state index in [4.69, 9.17) is 5.11 Å². The number of hydrogen-bond acceptors (Lipinski definition) is 3. The molecule has 1 saturated heterocycles. The molecule has 1 amide bonds. The monoisotopic (exact) mass is 245 g/mol. The first-order valence-corrected chi connectivity index (χ1v) is 6.74. The first-order chi connectivity index (χ1) is 7.50. The summed E-state index contributed by atoms with van der Waals surface area (Å²) in [4.78, 5) is 24.3. The number of aliphatic carboxylic acids is 1. The molecular formula is C11H19NO3S. The zero-order valence-corrected chi connectivity index (χ0v) is 10.6. The van der Waals surface area contributed by atoms with Gasteiger partial charge in [-0.15, -0.1) is 0 Å². The molecule has 0 bridgehead atoms. The van der Waals surface area contributed by atoms with Gasteiger partial charge in [0.1, 0.15) is 6.54 Å². The van der Waals surface area contributed by atoms with Crippen molar-refractivity contribution < 1.29 is 14.7 Å². The third kappa shape index (κ3) is 4.04. The number of carbonyl (C=O) groups excluding carboxylic acids is 1. The number of hydrogen-bond donors (Lipinski definition) is 1. The number of rotatable bonds is 5. The van der Waals surface area contributed by atoms with Crippen molar-refractivity contribution in [1.82, 2.24) is 4.90 Å². The van der Waals surface area contributed by atoms with Crippen LogP contribution in [0.1, 0.15) is 20.3 Å². The zero-order valence-electron chi connectivity index (χ0n) is 9.81. The maximum atomic E-state index is 12.1. The van der Waals surface area contributed by atoms with Crippen LogP contribution in [0.15, 0.2) is 0 Å². The third-order valence-corrected chi connectivity index (χ3v) is 3.66. The fraction of sp³-hybridized carbons (Fsp3) is 0.818. The molecule has 1 N–H and O–H groups in total. The quantitative estimate of drug-likeness (QED) is 0.793. The molecule has 0 spiro atoms. The molecule has 1 heterocycles. The molecule has 0 aromatic carbocycles. The normalized spacial score (nSPS) is 20.1. The lowest BCUT2D eigenvalue weighted by atomic mass is 10.1. The Hall–Kier alpha value is -0.710. The molecule has 1 fully saturated rings. The van der Waals surface area contributed by atoms with Crippen molar-refractivity contribution in [3.8, 4) is 0 Å². The lowest BCUT2D eigenvalue weighted by Crippen LogP contribution is -2.41. The fourth-order valence-electron chi connectivity index (χ4n) is 1.82. The molecule has 0 saturated carbocycles. The highest BCUT2D eigenvalue weighted by Crippen LogP contribution is 2.25. The van der Waals surface area contributed by atoms with Gasteiger partial charge >= 0.3 is 5.97 Å². The molecule has 0 aromatic heterocycles. The van der Waals surface area contributed by atoms with Crippen LogP contribution in [0.2, 0.25) is 0 Å². The van der Waals surface area contributed by atoms with Crippen LogP contribution >= 0.6 is 11.8 Å². The molecule has 1 aliphatic heterocycles. The van der Waals surface area contributed by atoms with Gasteiger partial charge in [0.15, 0.2) is 0 Å². The largest absolute Gasteiger partial charge is 0.480 e. The van der Waals surface area contributed by atoms with E-state index in [1.807, 2.05) is 13.8 Å². The van der Waals surface area contributed by atoms with Crippen LogP contribution < -0.4 is 0 Å². The topological polar surface area (TPSA) is 57.6 Å². The van der Waals surface area contributed by atoms with Crippen molar-refractivity contribution in [3.63, 3.8) is 0 Å². The number of amides is 1. The predicted molar refractivity (Wildman–Crippen MR) is 64.5 cm³/mol. The second kappa shape index (κ2) is 6.13. The third-order valence-electron chi connectivity index (χ3n) is 2.50. The van der Waals surface area contributed by atoms with Crippen LogP contribution in [-0.2, 0) is 9.59 Å². The van der Waals surface area contributed by atoms with Crippen LogP contribution in [0.3, 0.4) is 0 Å². The summed E-state index contributed by atoms with van der Waals surface area (Å²) in [6, 6.07) is 0. The SMILES string of the molecule is CC(C)CN(CC(=O)O)C(=O)C1CCSC1. The van der Waals surface area contributed by atoms with Gasteiger partial charge in [-0.1, -0.05) is 13.8 Å². The maximum Gasteiger partial charge on any atom is 0.323 e. The fourth-order valence-corrected chi connectivity index (χ4v) is 3.04. The summed E-state index contributed by atoms with van der Waals surface area (Å²) >= 11 is 1.77. The predicted octanol–water partition coefficient (Wildman–Crippen LogP) is 1.31. The molecule has 4 nitrogen and oxygen atoms in total. The molecule has 0 radical (unpaired) electrons. The highest BCUT2D eigenvalue weighted by Gasteiger charge is 2.28. The molecule has 92 valence electrons. The van der Waals surface area contributed by atoms with E-state index in [9.17, 15) is 9.59 Å². The van der Waals surface area contributed by atoms with E-state index in [1.54, 1.807) is 11.8 Å². The van der Waals surface area contributed by atoms with Gasteiger partial charge in [0.05, 0.1) is 0 Å². The molecule has 0 aliphatic carbocycles. The van der Waals surface area contributed by atoms with Crippen LogP contribution in [0, 0.1) is 11.8 Å². The average molecular weight is 245 g/mol. The van der Waals surface area contributed by atoms with Gasteiger partial charge in [0.25, 0.3) is 0 Å². The first-order valence-electron chi connectivity index (χ1n) is 5.59. The van der Waals surface area contributed by atoms with Gasteiger partial charge in [0, 0.05) is 18.2 Å². The Morgan fingerprint density at radius 2 is 2.19 bits per heavy atom. The number of nitrogens with zero attached hydrogens (tertiary/aromatic N) is 1. The summed E-state index contributed by atoms with van der Waals surface area (Å²) < 4.78 is 0. The standard InChI is InChI=1S/C11H19NO3S/c1-8(2)5-12(6-10(13)14)11(15)9-3-4-16-7-9/h8-9H,3-7H2,1-2H3,(H,13,14). The van der Waals surface area contributed by atoms with Crippen LogP contribution in [-0.4, -0.2) is 46.5 Å². The Labute approximate surface area is 100 Å². The summed E-state index contributed by atoms with van der Waals surface area (Å²) in [5.41, 5.74) is 0. The van der Waals surface area contributed by atoms with Crippen LogP contribution in [0.5, 0.6) is 0 Å². The lowest BCUT2D eigenvalue weighted by Gasteiger charge is -2.25. The zero-order chi connectivity index (χ0) is 12.1. The molecule has 1 aliphatic rings. The van der Waals surface area contributed by atoms with Crippen molar-refractivity contribution in [2.45, 2.75) is 20.3 Å². The summed E-state index contributed by atoms with van der Waals surface area (Å²) in [5.74, 6) is 1.27. The summed E-state index contributed by atoms with van der Waals surface area (Å²) in [5, 5.41) is 8.79. The summed E-state index contributed by atoms with van der Waals surface area (Å²) in [6.07, 6.45) is 0.887. The van der Waals surface area contributed by atoms with E-state index in [1.165, 1.54) is 4.90 Å². The smallest absolute Gasteiger partial charge is 0.323 e. The Bertz CT molecular complexity index is 262. The molecule has 5 heteroatoms. The van der Waals surface area contributed by atoms with Gasteiger partial charge < -0.3 is 10.0 Å². The summed E-state index contributed by atoms with van der Waals surface area (Å²) in [7, 11) is 0. The average Bonchev–Trinajstić information content (AvgIpc) is 2.66. The van der Waals surface area contributed by atoms with E-state index in [2.05, 4.69) is 0 Å². The van der Waals surface area contributed by atoms with E-state index >= 15 is 0 Å². The van der Waals surface area contributed by atoms with E-state index in [-0.39, 0.29) is 18.4 Å². The van der Waals surface area contributed by atoms with E-state index in [0.29, 0.717) is 12.5 Å². The number of carboxylic acids is 1. The minimum absolute atomic E-state index is 0.0149. The number of carboxylic acid groups (broad SMARTS) is 1. The minimum atomic E-state index is -0.931. The van der Waals surface area contributed by atoms with Crippen molar-refractivity contribution in [3.05, 3.63) is 0 Å². The van der Waals surface area contributed by atoms with Crippen molar-refractivity contribution in [2.75, 3.05) is 24.6 Å². The molecule has 1 unspecified atom stereocenters. The Morgan fingerprint density at radius 1 is 1.50 bits per heavy atom. The number of thioether (sulfide) groups is 1. The molecule has 0 aromatic rings. The van der Waals surface area contributed by atoms with E-state index < -0.39 is 5.97 Å². The Kier molecular flexibility index (Phi) is 5.12. The van der Waals surface area contributed by atoms with Gasteiger partial charge in [-0.05, 0) is 18.1 Å². The first kappa shape index (κ1) is 13.4. The van der Waals surface area contributed by atoms with Crippen molar-refractivity contribution in [2.24, 2.45) is 11.8 Å². The van der Waals surface area contributed by atoms with Crippen LogP contribution in [0.4, 0.5) is 0 Å². The number of carbonyl (C=O) groups is 2. The molecule has 1 rings (SSSR count). The Balaban J connectivity index is 2.58. The molecular weight excluding hydrogens is 226 g/mol. The van der Waals surface area contributed by atoms with Crippen LogP contribution in [0.25, 0.3) is 0 Å². The molecule has 16 heavy (non-hydrogen) atoms. The summed E-state index contributed by atoms with van der Waals surface area (Å²) in [6.45, 7) is 4.35. The maximum absolute atomic E-state index is 12.1. The molecule has 1 atom stereocenters. The lowest BCUT2D eigenvalue weighted by molar-refractivity contribution is -0.146. The van der Waals surface area contributed by atoms with Crippen molar-refractivity contribution in [1.29, 1.82) is 0 Å². The Morgan fingerprint density at radius 3 is 2.62 bits per heavy atom. The van der Waals surface area contributed by atoms with Gasteiger partial charge in [-0.2, -0.15) is 11.8 Å². The minimum Gasteiger partial charge on any atom is -0.480 e. The second-order valence-corrected chi connectivity index (χ2v) is 5.72. The van der Waals surface area contributed by atoms with E-state index in [0.717, 1.165) is 17.9 Å².